The maximum absolute atomic E-state index is 13.6. The van der Waals surface area contributed by atoms with Crippen LogP contribution in [0.3, 0.4) is 0 Å². The van der Waals surface area contributed by atoms with Crippen LogP contribution in [0.1, 0.15) is 38.2 Å². The molecule has 2 rings (SSSR count). The first-order chi connectivity index (χ1) is 9.36. The van der Waals surface area contributed by atoms with Crippen molar-refractivity contribution in [2.24, 2.45) is 11.8 Å². The van der Waals surface area contributed by atoms with E-state index in [1.807, 2.05) is 0 Å². The maximum atomic E-state index is 13.6. The predicted octanol–water partition coefficient (Wildman–Crippen LogP) is 5.08. The fourth-order valence-electron chi connectivity index (χ4n) is 2.84. The Labute approximate surface area is 116 Å². The molecule has 0 radical (unpaired) electrons. The third-order valence-electron chi connectivity index (χ3n) is 3.92. The average molecular weight is 289 g/mol. The summed E-state index contributed by atoms with van der Waals surface area (Å²) in [7, 11) is 0. The van der Waals surface area contributed by atoms with Crippen LogP contribution in [-0.2, 0) is 6.18 Å². The van der Waals surface area contributed by atoms with Crippen LogP contribution in [0, 0.1) is 17.7 Å². The molecule has 1 aromatic carbocycles. The first-order valence-corrected chi connectivity index (χ1v) is 6.97. The van der Waals surface area contributed by atoms with E-state index in [0.29, 0.717) is 18.4 Å². The first kappa shape index (κ1) is 15.1. The van der Waals surface area contributed by atoms with Crippen LogP contribution >= 0.6 is 0 Å². The summed E-state index contributed by atoms with van der Waals surface area (Å²) < 4.78 is 51.3. The summed E-state index contributed by atoms with van der Waals surface area (Å²) in [5.74, 6) is 0.413. The summed E-state index contributed by atoms with van der Waals surface area (Å²) in [6, 6.07) is 2.49. The number of hydrogen-bond donors (Lipinski definition) is 1. The summed E-state index contributed by atoms with van der Waals surface area (Å²) >= 11 is 0. The number of hydrogen-bond acceptors (Lipinski definition) is 1. The SMILES string of the molecule is CC1CCCC(CNc2cc(C(F)(F)F)ccc2F)C1. The van der Waals surface area contributed by atoms with Crippen molar-refractivity contribution >= 4 is 5.69 Å². The standard InChI is InChI=1S/C15H19F4N/c1-10-3-2-4-11(7-10)9-20-14-8-12(15(17,18)19)5-6-13(14)16/h5-6,8,10-11,20H,2-4,7,9H2,1H3. The topological polar surface area (TPSA) is 12.0 Å². The molecule has 0 amide bonds. The fourth-order valence-corrected chi connectivity index (χ4v) is 2.84. The van der Waals surface area contributed by atoms with Gasteiger partial charge in [-0.25, -0.2) is 4.39 Å². The summed E-state index contributed by atoms with van der Waals surface area (Å²) in [6.45, 7) is 2.71. The normalized spacial score (nSPS) is 23.6. The number of benzene rings is 1. The second-order valence-electron chi connectivity index (χ2n) is 5.71. The van der Waals surface area contributed by atoms with E-state index >= 15 is 0 Å². The van der Waals surface area contributed by atoms with E-state index < -0.39 is 17.6 Å². The van der Waals surface area contributed by atoms with Crippen LogP contribution < -0.4 is 5.32 Å². The third-order valence-corrected chi connectivity index (χ3v) is 3.92. The first-order valence-electron chi connectivity index (χ1n) is 6.97. The molecule has 1 aliphatic carbocycles. The van der Waals surface area contributed by atoms with Gasteiger partial charge in [0.2, 0.25) is 0 Å². The lowest BCUT2D eigenvalue weighted by molar-refractivity contribution is -0.137. The Morgan fingerprint density at radius 1 is 1.25 bits per heavy atom. The Kier molecular flexibility index (Phi) is 4.55. The van der Waals surface area contributed by atoms with Gasteiger partial charge in [-0.1, -0.05) is 19.8 Å². The van der Waals surface area contributed by atoms with Gasteiger partial charge in [0.15, 0.2) is 0 Å². The molecule has 0 aliphatic heterocycles. The minimum Gasteiger partial charge on any atom is -0.382 e. The lowest BCUT2D eigenvalue weighted by Gasteiger charge is -2.27. The van der Waals surface area contributed by atoms with Crippen molar-refractivity contribution in [3.63, 3.8) is 0 Å². The van der Waals surface area contributed by atoms with Crippen molar-refractivity contribution in [1.82, 2.24) is 0 Å². The Bertz CT molecular complexity index is 456. The Morgan fingerprint density at radius 2 is 2.00 bits per heavy atom. The summed E-state index contributed by atoms with van der Waals surface area (Å²) in [6.07, 6.45) is 0.00197. The fraction of sp³-hybridized carbons (Fsp3) is 0.600. The van der Waals surface area contributed by atoms with E-state index in [2.05, 4.69) is 12.2 Å². The molecule has 1 aliphatic rings. The average Bonchev–Trinajstić information content (AvgIpc) is 2.36. The Balaban J connectivity index is 2.01. The Hall–Kier alpha value is -1.26. The van der Waals surface area contributed by atoms with E-state index in [0.717, 1.165) is 37.5 Å². The monoisotopic (exact) mass is 289 g/mol. The molecule has 5 heteroatoms. The molecule has 112 valence electrons. The molecule has 20 heavy (non-hydrogen) atoms. The van der Waals surface area contributed by atoms with Gasteiger partial charge in [0.25, 0.3) is 0 Å². The molecule has 0 spiro atoms. The molecule has 2 unspecified atom stereocenters. The highest BCUT2D eigenvalue weighted by molar-refractivity contribution is 5.48. The van der Waals surface area contributed by atoms with E-state index in [4.69, 9.17) is 0 Å². The van der Waals surface area contributed by atoms with Crippen LogP contribution in [0.4, 0.5) is 23.2 Å². The van der Waals surface area contributed by atoms with E-state index in [-0.39, 0.29) is 5.69 Å². The van der Waals surface area contributed by atoms with Crippen LogP contribution in [0.5, 0.6) is 0 Å². The van der Waals surface area contributed by atoms with Crippen molar-refractivity contribution in [3.05, 3.63) is 29.6 Å². The van der Waals surface area contributed by atoms with Crippen molar-refractivity contribution < 1.29 is 17.6 Å². The van der Waals surface area contributed by atoms with Crippen molar-refractivity contribution in [1.29, 1.82) is 0 Å². The number of anilines is 1. The third kappa shape index (κ3) is 3.87. The second kappa shape index (κ2) is 6.02. The Morgan fingerprint density at radius 3 is 2.65 bits per heavy atom. The molecular formula is C15H19F4N. The largest absolute Gasteiger partial charge is 0.416 e. The van der Waals surface area contributed by atoms with Crippen molar-refractivity contribution in [2.75, 3.05) is 11.9 Å². The van der Waals surface area contributed by atoms with Gasteiger partial charge in [-0.2, -0.15) is 13.2 Å². The molecule has 0 heterocycles. The smallest absolute Gasteiger partial charge is 0.382 e. The minimum absolute atomic E-state index is 0.0574. The van der Waals surface area contributed by atoms with Gasteiger partial charge >= 0.3 is 6.18 Å². The van der Waals surface area contributed by atoms with E-state index in [1.165, 1.54) is 6.42 Å². The van der Waals surface area contributed by atoms with Crippen LogP contribution in [0.15, 0.2) is 18.2 Å². The highest BCUT2D eigenvalue weighted by Gasteiger charge is 2.31. The second-order valence-corrected chi connectivity index (χ2v) is 5.71. The number of rotatable bonds is 3. The van der Waals surface area contributed by atoms with Gasteiger partial charge in [-0.15, -0.1) is 0 Å². The van der Waals surface area contributed by atoms with Crippen molar-refractivity contribution in [2.45, 2.75) is 38.8 Å². The van der Waals surface area contributed by atoms with Gasteiger partial charge in [0.1, 0.15) is 5.82 Å². The molecule has 1 N–H and O–H groups in total. The molecule has 1 nitrogen and oxygen atoms in total. The maximum Gasteiger partial charge on any atom is 0.416 e. The molecular weight excluding hydrogens is 270 g/mol. The minimum atomic E-state index is -4.44. The number of halogens is 4. The van der Waals surface area contributed by atoms with Crippen LogP contribution in [-0.4, -0.2) is 6.54 Å². The van der Waals surface area contributed by atoms with Crippen LogP contribution in [0.2, 0.25) is 0 Å². The molecule has 0 saturated heterocycles. The molecule has 0 aromatic heterocycles. The van der Waals surface area contributed by atoms with Crippen LogP contribution in [0.25, 0.3) is 0 Å². The highest BCUT2D eigenvalue weighted by Crippen LogP contribution is 2.33. The number of alkyl halides is 3. The van der Waals surface area contributed by atoms with E-state index in [1.54, 1.807) is 0 Å². The van der Waals surface area contributed by atoms with Gasteiger partial charge in [0.05, 0.1) is 11.3 Å². The summed E-state index contributed by atoms with van der Waals surface area (Å²) in [5.41, 5.74) is -0.878. The highest BCUT2D eigenvalue weighted by atomic mass is 19.4. The predicted molar refractivity (Wildman–Crippen MR) is 71.0 cm³/mol. The van der Waals surface area contributed by atoms with E-state index in [9.17, 15) is 17.6 Å². The van der Waals surface area contributed by atoms with Gasteiger partial charge in [-0.3, -0.25) is 0 Å². The van der Waals surface area contributed by atoms with Gasteiger partial charge in [-0.05, 0) is 42.9 Å². The molecule has 2 atom stereocenters. The lowest BCUT2D eigenvalue weighted by Crippen LogP contribution is -2.21. The van der Waals surface area contributed by atoms with Crippen molar-refractivity contribution in [3.8, 4) is 0 Å². The summed E-state index contributed by atoms with van der Waals surface area (Å²) in [5, 5.41) is 2.84. The molecule has 1 saturated carbocycles. The lowest BCUT2D eigenvalue weighted by atomic mass is 9.82. The molecule has 1 aromatic rings. The molecule has 0 bridgehead atoms. The molecule has 1 fully saturated rings. The zero-order valence-corrected chi connectivity index (χ0v) is 11.4. The zero-order valence-electron chi connectivity index (χ0n) is 11.4. The van der Waals surface area contributed by atoms with Gasteiger partial charge < -0.3 is 5.32 Å². The van der Waals surface area contributed by atoms with Gasteiger partial charge in [0, 0.05) is 6.54 Å². The summed E-state index contributed by atoms with van der Waals surface area (Å²) in [4.78, 5) is 0. The zero-order chi connectivity index (χ0) is 14.8. The quantitative estimate of drug-likeness (QED) is 0.765. The number of nitrogens with one attached hydrogen (secondary N) is 1.